The monoisotopic (exact) mass is 298 g/mol. The predicted molar refractivity (Wildman–Crippen MR) is 75.8 cm³/mol. The van der Waals surface area contributed by atoms with E-state index in [4.69, 9.17) is 23.2 Å². The van der Waals surface area contributed by atoms with Crippen molar-refractivity contribution in [1.82, 2.24) is 9.88 Å². The van der Waals surface area contributed by atoms with Gasteiger partial charge in [0.05, 0.1) is 0 Å². The summed E-state index contributed by atoms with van der Waals surface area (Å²) in [5.74, 6) is -0.199. The highest BCUT2D eigenvalue weighted by Gasteiger charge is 2.08. The normalized spacial score (nSPS) is 11.0. The van der Waals surface area contributed by atoms with Crippen molar-refractivity contribution in [3.63, 3.8) is 0 Å². The van der Waals surface area contributed by atoms with Crippen LogP contribution in [-0.4, -0.2) is 16.9 Å². The number of nitrogens with zero attached hydrogens (tertiary/aromatic N) is 2. The Morgan fingerprint density at radius 1 is 1.16 bits per heavy atom. The van der Waals surface area contributed by atoms with Crippen LogP contribution in [0.15, 0.2) is 36.5 Å². The lowest BCUT2D eigenvalue weighted by atomic mass is 10.2. The molecule has 0 bridgehead atoms. The number of benzene rings is 1. The van der Waals surface area contributed by atoms with E-state index in [1.165, 1.54) is 6.07 Å². The lowest BCUT2D eigenvalue weighted by Crippen LogP contribution is -2.18. The topological polar surface area (TPSA) is 16.1 Å². The van der Waals surface area contributed by atoms with Crippen LogP contribution in [0, 0.1) is 5.82 Å². The number of halogens is 3. The molecule has 100 valence electrons. The molecule has 2 aromatic rings. The van der Waals surface area contributed by atoms with E-state index in [0.29, 0.717) is 28.8 Å². The second-order valence-corrected chi connectivity index (χ2v) is 5.16. The van der Waals surface area contributed by atoms with Crippen LogP contribution < -0.4 is 0 Å². The van der Waals surface area contributed by atoms with Gasteiger partial charge in [0.1, 0.15) is 11.0 Å². The minimum Gasteiger partial charge on any atom is -0.298 e. The van der Waals surface area contributed by atoms with E-state index < -0.39 is 0 Å². The molecule has 0 saturated heterocycles. The first-order valence-electron chi connectivity index (χ1n) is 5.78. The van der Waals surface area contributed by atoms with Crippen LogP contribution in [0.4, 0.5) is 4.39 Å². The highest BCUT2D eigenvalue weighted by atomic mass is 35.5. The van der Waals surface area contributed by atoms with Gasteiger partial charge in [-0.2, -0.15) is 0 Å². The van der Waals surface area contributed by atoms with Crippen molar-refractivity contribution in [3.05, 3.63) is 63.6 Å². The van der Waals surface area contributed by atoms with E-state index in [0.717, 1.165) is 5.56 Å². The summed E-state index contributed by atoms with van der Waals surface area (Å²) in [6, 6.07) is 8.34. The summed E-state index contributed by atoms with van der Waals surface area (Å²) in [5.41, 5.74) is 1.52. The van der Waals surface area contributed by atoms with Crippen LogP contribution in [0.1, 0.15) is 11.1 Å². The summed E-state index contributed by atoms with van der Waals surface area (Å²) in [5, 5.41) is 0.936. The third-order valence-corrected chi connectivity index (χ3v) is 3.29. The molecule has 0 N–H and O–H groups in total. The molecule has 0 aliphatic heterocycles. The fraction of sp³-hybridized carbons (Fsp3) is 0.214. The molecule has 2 rings (SSSR count). The first-order valence-corrected chi connectivity index (χ1v) is 6.53. The summed E-state index contributed by atoms with van der Waals surface area (Å²) in [6.45, 7) is 1.09. The summed E-state index contributed by atoms with van der Waals surface area (Å²) in [4.78, 5) is 5.97. The van der Waals surface area contributed by atoms with Gasteiger partial charge in [-0.1, -0.05) is 41.4 Å². The van der Waals surface area contributed by atoms with Crippen molar-refractivity contribution < 1.29 is 4.39 Å². The van der Waals surface area contributed by atoms with Gasteiger partial charge >= 0.3 is 0 Å². The lowest BCUT2D eigenvalue weighted by molar-refractivity contribution is 0.313. The van der Waals surface area contributed by atoms with E-state index in [9.17, 15) is 4.39 Å². The van der Waals surface area contributed by atoms with Gasteiger partial charge in [0, 0.05) is 35.4 Å². The standard InChI is InChI=1S/C14H13Cl2FN2/c1-19(8-10-4-2-3-5-13(10)17)9-11-7-18-14(16)6-12(11)15/h2-7H,8-9H2,1H3. The molecule has 1 aromatic heterocycles. The number of hydrogen-bond donors (Lipinski definition) is 0. The smallest absolute Gasteiger partial charge is 0.130 e. The SMILES string of the molecule is CN(Cc1ccccc1F)Cc1cnc(Cl)cc1Cl. The third kappa shape index (κ3) is 3.90. The fourth-order valence-electron chi connectivity index (χ4n) is 1.82. The first kappa shape index (κ1) is 14.3. The summed E-state index contributed by atoms with van der Waals surface area (Å²) < 4.78 is 13.5. The van der Waals surface area contributed by atoms with Crippen LogP contribution in [0.5, 0.6) is 0 Å². The Kier molecular flexibility index (Phi) is 4.75. The Labute approximate surface area is 121 Å². The molecule has 0 aliphatic carbocycles. The van der Waals surface area contributed by atoms with Crippen molar-refractivity contribution in [3.8, 4) is 0 Å². The van der Waals surface area contributed by atoms with Gasteiger partial charge in [-0.15, -0.1) is 0 Å². The zero-order valence-corrected chi connectivity index (χ0v) is 11.9. The van der Waals surface area contributed by atoms with Gasteiger partial charge in [-0.25, -0.2) is 9.37 Å². The van der Waals surface area contributed by atoms with Crippen molar-refractivity contribution in [1.29, 1.82) is 0 Å². The molecule has 0 amide bonds. The molecule has 5 heteroatoms. The summed E-state index contributed by atoms with van der Waals surface area (Å²) >= 11 is 11.8. The maximum Gasteiger partial charge on any atom is 0.130 e. The molecule has 2 nitrogen and oxygen atoms in total. The van der Waals surface area contributed by atoms with E-state index >= 15 is 0 Å². The highest BCUT2D eigenvalue weighted by Crippen LogP contribution is 2.20. The molecule has 1 heterocycles. The summed E-state index contributed by atoms with van der Waals surface area (Å²) in [6.07, 6.45) is 1.64. The average molecular weight is 299 g/mol. The van der Waals surface area contributed by atoms with E-state index in [1.807, 2.05) is 18.0 Å². The number of rotatable bonds is 4. The van der Waals surface area contributed by atoms with Gasteiger partial charge in [-0.05, 0) is 19.2 Å². The van der Waals surface area contributed by atoms with Crippen LogP contribution in [-0.2, 0) is 13.1 Å². The highest BCUT2D eigenvalue weighted by molar-refractivity contribution is 6.34. The minimum absolute atomic E-state index is 0.199. The maximum absolute atomic E-state index is 13.5. The largest absolute Gasteiger partial charge is 0.298 e. The van der Waals surface area contributed by atoms with Crippen molar-refractivity contribution >= 4 is 23.2 Å². The Morgan fingerprint density at radius 3 is 2.53 bits per heavy atom. The molecule has 0 radical (unpaired) electrons. The predicted octanol–water partition coefficient (Wildman–Crippen LogP) is 4.16. The second-order valence-electron chi connectivity index (χ2n) is 4.36. The van der Waals surface area contributed by atoms with Gasteiger partial charge in [0.25, 0.3) is 0 Å². The van der Waals surface area contributed by atoms with Gasteiger partial charge in [0.2, 0.25) is 0 Å². The lowest BCUT2D eigenvalue weighted by Gasteiger charge is -2.17. The average Bonchev–Trinajstić information content (AvgIpc) is 2.36. The van der Waals surface area contributed by atoms with Gasteiger partial charge in [-0.3, -0.25) is 4.90 Å². The zero-order chi connectivity index (χ0) is 13.8. The molecular weight excluding hydrogens is 286 g/mol. The molecule has 19 heavy (non-hydrogen) atoms. The molecule has 0 spiro atoms. The summed E-state index contributed by atoms with van der Waals surface area (Å²) in [7, 11) is 1.90. The fourth-order valence-corrected chi connectivity index (χ4v) is 2.24. The Morgan fingerprint density at radius 2 is 1.84 bits per heavy atom. The van der Waals surface area contributed by atoms with Crippen LogP contribution in [0.2, 0.25) is 10.2 Å². The van der Waals surface area contributed by atoms with E-state index in [1.54, 1.807) is 24.4 Å². The van der Waals surface area contributed by atoms with Crippen molar-refractivity contribution in [2.24, 2.45) is 0 Å². The van der Waals surface area contributed by atoms with E-state index in [2.05, 4.69) is 4.98 Å². The number of pyridine rings is 1. The second kappa shape index (κ2) is 6.33. The molecule has 0 atom stereocenters. The van der Waals surface area contributed by atoms with Gasteiger partial charge < -0.3 is 0 Å². The molecule has 0 unspecified atom stereocenters. The maximum atomic E-state index is 13.5. The number of hydrogen-bond acceptors (Lipinski definition) is 2. The first-order chi connectivity index (χ1) is 9.06. The molecule has 0 saturated carbocycles. The minimum atomic E-state index is -0.199. The van der Waals surface area contributed by atoms with Crippen LogP contribution >= 0.6 is 23.2 Å². The quantitative estimate of drug-likeness (QED) is 0.788. The Balaban J connectivity index is 2.05. The van der Waals surface area contributed by atoms with Crippen molar-refractivity contribution in [2.45, 2.75) is 13.1 Å². The Bertz CT molecular complexity index is 575. The number of aromatic nitrogens is 1. The molecule has 1 aromatic carbocycles. The molecule has 0 fully saturated rings. The van der Waals surface area contributed by atoms with Crippen molar-refractivity contribution in [2.75, 3.05) is 7.05 Å². The van der Waals surface area contributed by atoms with E-state index in [-0.39, 0.29) is 5.82 Å². The molecular formula is C14H13Cl2FN2. The van der Waals surface area contributed by atoms with Gasteiger partial charge in [0.15, 0.2) is 0 Å². The zero-order valence-electron chi connectivity index (χ0n) is 10.4. The Hall–Kier alpha value is -1.16. The third-order valence-electron chi connectivity index (χ3n) is 2.73. The molecule has 0 aliphatic rings. The van der Waals surface area contributed by atoms with Crippen LogP contribution in [0.3, 0.4) is 0 Å². The van der Waals surface area contributed by atoms with Crippen LogP contribution in [0.25, 0.3) is 0 Å².